The van der Waals surface area contributed by atoms with Gasteiger partial charge in [0.25, 0.3) is 0 Å². The number of nitrogens with one attached hydrogen (secondary N) is 1. The monoisotopic (exact) mass is 284 g/mol. The van der Waals surface area contributed by atoms with Crippen molar-refractivity contribution in [1.82, 2.24) is 5.32 Å². The Kier molecular flexibility index (Phi) is 5.23. The highest BCUT2D eigenvalue weighted by Crippen LogP contribution is 2.25. The van der Waals surface area contributed by atoms with Gasteiger partial charge >= 0.3 is 0 Å². The molecule has 3 heteroatoms. The van der Waals surface area contributed by atoms with Crippen molar-refractivity contribution in [3.05, 3.63) is 59.2 Å². The summed E-state index contributed by atoms with van der Waals surface area (Å²) in [4.78, 5) is 2.26. The molecule has 0 amide bonds. The molecule has 21 heavy (non-hydrogen) atoms. The van der Waals surface area contributed by atoms with Crippen molar-refractivity contribution < 1.29 is 4.74 Å². The molecular weight excluding hydrogens is 260 g/mol. The predicted molar refractivity (Wildman–Crippen MR) is 89.0 cm³/mol. The Morgan fingerprint density at radius 2 is 1.90 bits per heavy atom. The van der Waals surface area contributed by atoms with E-state index in [-0.39, 0.29) is 0 Å². The Labute approximate surface area is 127 Å². The zero-order valence-electron chi connectivity index (χ0n) is 13.3. The van der Waals surface area contributed by atoms with E-state index in [0.717, 1.165) is 18.8 Å². The molecule has 0 atom stereocenters. The molecule has 0 aliphatic heterocycles. The Hall–Kier alpha value is -2.00. The third-order valence-corrected chi connectivity index (χ3v) is 3.66. The lowest BCUT2D eigenvalue weighted by Crippen LogP contribution is -2.18. The van der Waals surface area contributed by atoms with Crippen LogP contribution in [-0.4, -0.2) is 21.2 Å². The molecule has 0 saturated heterocycles. The number of hydrogen-bond acceptors (Lipinski definition) is 3. The molecule has 0 saturated carbocycles. The highest BCUT2D eigenvalue weighted by atomic mass is 16.5. The molecule has 112 valence electrons. The van der Waals surface area contributed by atoms with Gasteiger partial charge in [-0.2, -0.15) is 0 Å². The minimum absolute atomic E-state index is 0.825. The van der Waals surface area contributed by atoms with Gasteiger partial charge in [0, 0.05) is 31.4 Å². The lowest BCUT2D eigenvalue weighted by Gasteiger charge is -2.23. The average Bonchev–Trinajstić information content (AvgIpc) is 2.48. The molecule has 0 spiro atoms. The van der Waals surface area contributed by atoms with E-state index >= 15 is 0 Å². The zero-order valence-corrected chi connectivity index (χ0v) is 13.3. The Morgan fingerprint density at radius 1 is 1.14 bits per heavy atom. The Balaban J connectivity index is 2.25. The topological polar surface area (TPSA) is 24.5 Å². The number of anilines is 1. The molecular formula is C18H24N2O. The summed E-state index contributed by atoms with van der Waals surface area (Å²) in [5.74, 6) is 0.940. The van der Waals surface area contributed by atoms with E-state index in [0.29, 0.717) is 0 Å². The van der Waals surface area contributed by atoms with Crippen molar-refractivity contribution in [2.45, 2.75) is 20.0 Å². The molecule has 2 aromatic carbocycles. The van der Waals surface area contributed by atoms with Crippen LogP contribution in [0.2, 0.25) is 0 Å². The first-order chi connectivity index (χ1) is 10.2. The van der Waals surface area contributed by atoms with Gasteiger partial charge in [0.2, 0.25) is 0 Å². The number of para-hydroxylation sites is 1. The van der Waals surface area contributed by atoms with Gasteiger partial charge in [-0.3, -0.25) is 0 Å². The van der Waals surface area contributed by atoms with E-state index in [4.69, 9.17) is 4.74 Å². The normalized spacial score (nSPS) is 10.5. The summed E-state index contributed by atoms with van der Waals surface area (Å²) >= 11 is 0. The molecule has 0 radical (unpaired) electrons. The summed E-state index contributed by atoms with van der Waals surface area (Å²) in [7, 11) is 5.81. The number of nitrogens with zero attached hydrogens (tertiary/aromatic N) is 1. The van der Waals surface area contributed by atoms with Crippen molar-refractivity contribution in [2.24, 2.45) is 0 Å². The maximum Gasteiger partial charge on any atom is 0.123 e. The summed E-state index contributed by atoms with van der Waals surface area (Å²) in [5.41, 5.74) is 5.01. The molecule has 1 N–H and O–H groups in total. The lowest BCUT2D eigenvalue weighted by molar-refractivity contribution is 0.409. The minimum atomic E-state index is 0.825. The number of aryl methyl sites for hydroxylation is 1. The first-order valence-corrected chi connectivity index (χ1v) is 7.23. The third kappa shape index (κ3) is 3.76. The summed E-state index contributed by atoms with van der Waals surface area (Å²) in [6.45, 7) is 3.83. The van der Waals surface area contributed by atoms with Gasteiger partial charge in [-0.25, -0.2) is 0 Å². The van der Waals surface area contributed by atoms with Crippen LogP contribution in [0.5, 0.6) is 5.75 Å². The number of ether oxygens (including phenoxy) is 1. The lowest BCUT2D eigenvalue weighted by atomic mass is 10.1. The third-order valence-electron chi connectivity index (χ3n) is 3.66. The number of hydrogen-bond donors (Lipinski definition) is 1. The van der Waals surface area contributed by atoms with Crippen LogP contribution in [0.4, 0.5) is 5.69 Å². The molecule has 0 aliphatic carbocycles. The van der Waals surface area contributed by atoms with E-state index in [1.54, 1.807) is 7.11 Å². The molecule has 2 aromatic rings. The van der Waals surface area contributed by atoms with E-state index in [1.165, 1.54) is 22.4 Å². The Bertz CT molecular complexity index is 596. The van der Waals surface area contributed by atoms with Gasteiger partial charge in [0.1, 0.15) is 5.75 Å². The van der Waals surface area contributed by atoms with Crippen molar-refractivity contribution in [3.8, 4) is 5.75 Å². The van der Waals surface area contributed by atoms with Gasteiger partial charge in [-0.1, -0.05) is 24.3 Å². The van der Waals surface area contributed by atoms with Crippen LogP contribution in [-0.2, 0) is 13.1 Å². The molecule has 0 unspecified atom stereocenters. The molecule has 2 rings (SSSR count). The summed E-state index contributed by atoms with van der Waals surface area (Å²) < 4.78 is 5.50. The van der Waals surface area contributed by atoms with Crippen molar-refractivity contribution in [1.29, 1.82) is 0 Å². The average molecular weight is 284 g/mol. The molecule has 3 nitrogen and oxygen atoms in total. The number of methoxy groups -OCH3 is 1. The van der Waals surface area contributed by atoms with Crippen molar-refractivity contribution in [2.75, 3.05) is 26.1 Å². The fourth-order valence-electron chi connectivity index (χ4n) is 2.60. The van der Waals surface area contributed by atoms with E-state index in [2.05, 4.69) is 60.6 Å². The van der Waals surface area contributed by atoms with Crippen LogP contribution in [0, 0.1) is 6.92 Å². The van der Waals surface area contributed by atoms with Crippen LogP contribution >= 0.6 is 0 Å². The second-order valence-corrected chi connectivity index (χ2v) is 5.32. The largest absolute Gasteiger partial charge is 0.496 e. The number of rotatable bonds is 6. The van der Waals surface area contributed by atoms with Crippen LogP contribution in [0.25, 0.3) is 0 Å². The standard InChI is InChI=1S/C18H24N2O/c1-14-7-5-6-8-17(14)20(3)13-16-11-15(12-19-2)9-10-18(16)21-4/h5-11,19H,12-13H2,1-4H3. The Morgan fingerprint density at radius 3 is 2.57 bits per heavy atom. The van der Waals surface area contributed by atoms with Crippen LogP contribution < -0.4 is 15.0 Å². The summed E-state index contributed by atoms with van der Waals surface area (Å²) in [6.07, 6.45) is 0. The van der Waals surface area contributed by atoms with Gasteiger partial charge in [-0.05, 0) is 43.3 Å². The highest BCUT2D eigenvalue weighted by Gasteiger charge is 2.09. The van der Waals surface area contributed by atoms with Gasteiger partial charge < -0.3 is 15.0 Å². The molecule has 0 heterocycles. The smallest absolute Gasteiger partial charge is 0.123 e. The first-order valence-electron chi connectivity index (χ1n) is 7.23. The van der Waals surface area contributed by atoms with Crippen molar-refractivity contribution in [3.63, 3.8) is 0 Å². The van der Waals surface area contributed by atoms with Crippen molar-refractivity contribution >= 4 is 5.69 Å². The fourth-order valence-corrected chi connectivity index (χ4v) is 2.60. The first kappa shape index (κ1) is 15.4. The second-order valence-electron chi connectivity index (χ2n) is 5.32. The summed E-state index contributed by atoms with van der Waals surface area (Å²) in [5, 5.41) is 3.19. The van der Waals surface area contributed by atoms with Crippen LogP contribution in [0.3, 0.4) is 0 Å². The van der Waals surface area contributed by atoms with E-state index in [1.807, 2.05) is 13.1 Å². The molecule has 0 fully saturated rings. The van der Waals surface area contributed by atoms with Crippen LogP contribution in [0.15, 0.2) is 42.5 Å². The van der Waals surface area contributed by atoms with E-state index < -0.39 is 0 Å². The maximum absolute atomic E-state index is 5.50. The number of benzene rings is 2. The minimum Gasteiger partial charge on any atom is -0.496 e. The fraction of sp³-hybridized carbons (Fsp3) is 0.333. The second kappa shape index (κ2) is 7.14. The predicted octanol–water partition coefficient (Wildman–Crippen LogP) is 3.36. The van der Waals surface area contributed by atoms with Gasteiger partial charge in [-0.15, -0.1) is 0 Å². The summed E-state index contributed by atoms with van der Waals surface area (Å²) in [6, 6.07) is 14.8. The molecule has 0 bridgehead atoms. The van der Waals surface area contributed by atoms with Crippen LogP contribution in [0.1, 0.15) is 16.7 Å². The molecule has 0 aliphatic rings. The van der Waals surface area contributed by atoms with Gasteiger partial charge in [0.15, 0.2) is 0 Å². The quantitative estimate of drug-likeness (QED) is 0.880. The maximum atomic E-state index is 5.50. The molecule has 0 aromatic heterocycles. The zero-order chi connectivity index (χ0) is 15.2. The SMILES string of the molecule is CNCc1ccc(OC)c(CN(C)c2ccccc2C)c1. The van der Waals surface area contributed by atoms with E-state index in [9.17, 15) is 0 Å². The van der Waals surface area contributed by atoms with Gasteiger partial charge in [0.05, 0.1) is 7.11 Å². The highest BCUT2D eigenvalue weighted by molar-refractivity contribution is 5.53.